The van der Waals surface area contributed by atoms with E-state index in [9.17, 15) is 4.79 Å². The van der Waals surface area contributed by atoms with E-state index in [0.717, 1.165) is 12.2 Å². The van der Waals surface area contributed by atoms with Crippen molar-refractivity contribution in [1.82, 2.24) is 9.80 Å². The molecule has 0 spiro atoms. The maximum atomic E-state index is 10.3. The van der Waals surface area contributed by atoms with Crippen LogP contribution in [0.3, 0.4) is 0 Å². The average molecular weight is 196 g/mol. The molecule has 78 valence electrons. The summed E-state index contributed by atoms with van der Waals surface area (Å²) in [5.74, 6) is -0.749. The number of carbonyl (C=O) groups is 1. The summed E-state index contributed by atoms with van der Waals surface area (Å²) < 4.78 is 0. The summed E-state index contributed by atoms with van der Waals surface area (Å²) in [4.78, 5) is 14.4. The quantitative estimate of drug-likeness (QED) is 0.720. The minimum absolute atomic E-state index is 0.190. The molecular weight excluding hydrogens is 180 g/mol. The second-order valence-electron chi connectivity index (χ2n) is 3.48. The second kappa shape index (κ2) is 4.69. The van der Waals surface area contributed by atoms with E-state index in [1.165, 1.54) is 0 Å². The van der Waals surface area contributed by atoms with Gasteiger partial charge in [0.2, 0.25) is 0 Å². The fourth-order valence-electron chi connectivity index (χ4n) is 1.26. The van der Waals surface area contributed by atoms with Gasteiger partial charge in [0.1, 0.15) is 0 Å². The highest BCUT2D eigenvalue weighted by atomic mass is 16.4. The zero-order valence-electron chi connectivity index (χ0n) is 8.60. The number of nitrogens with zero attached hydrogens (tertiary/aromatic N) is 2. The van der Waals surface area contributed by atoms with Crippen LogP contribution in [0.4, 0.5) is 0 Å². The summed E-state index contributed by atoms with van der Waals surface area (Å²) in [5.41, 5.74) is 1.16. The lowest BCUT2D eigenvalue weighted by Crippen LogP contribution is -2.25. The van der Waals surface area contributed by atoms with Crippen LogP contribution in [0.1, 0.15) is 6.42 Å². The first-order valence-corrected chi connectivity index (χ1v) is 4.61. The molecule has 0 saturated heterocycles. The molecule has 0 aromatic carbocycles. The van der Waals surface area contributed by atoms with Crippen molar-refractivity contribution in [3.8, 4) is 0 Å². The normalized spacial score (nSPS) is 15.3. The van der Waals surface area contributed by atoms with E-state index < -0.39 is 5.97 Å². The Morgan fingerprint density at radius 2 is 2.36 bits per heavy atom. The standard InChI is InChI=1S/C10H16N2O2/c1-11(2)9-3-6-12(7-4-9)8-5-10(13)14/h3-4,6H,5,7-8H2,1-2H3,(H,13,14). The zero-order valence-corrected chi connectivity index (χ0v) is 8.60. The van der Waals surface area contributed by atoms with Crippen LogP contribution in [0.5, 0.6) is 0 Å². The Morgan fingerprint density at radius 3 is 2.79 bits per heavy atom. The number of likely N-dealkylation sites (N-methyl/N-ethyl adjacent to an activating group) is 1. The third-order valence-electron chi connectivity index (χ3n) is 2.12. The largest absolute Gasteiger partial charge is 0.481 e. The lowest BCUT2D eigenvalue weighted by atomic mass is 10.2. The highest BCUT2D eigenvalue weighted by Gasteiger charge is 2.06. The van der Waals surface area contributed by atoms with E-state index in [4.69, 9.17) is 5.11 Å². The predicted octanol–water partition coefficient (Wildman–Crippen LogP) is 0.736. The number of aliphatic carboxylic acids is 1. The molecule has 0 fully saturated rings. The summed E-state index contributed by atoms with van der Waals surface area (Å²) >= 11 is 0. The van der Waals surface area contributed by atoms with Crippen molar-refractivity contribution < 1.29 is 9.90 Å². The first-order chi connectivity index (χ1) is 6.59. The molecule has 0 aromatic rings. The molecule has 0 bridgehead atoms. The minimum Gasteiger partial charge on any atom is -0.481 e. The van der Waals surface area contributed by atoms with Crippen LogP contribution in [0.15, 0.2) is 24.0 Å². The van der Waals surface area contributed by atoms with E-state index in [2.05, 4.69) is 6.08 Å². The van der Waals surface area contributed by atoms with Crippen molar-refractivity contribution in [3.05, 3.63) is 24.0 Å². The van der Waals surface area contributed by atoms with Crippen molar-refractivity contribution in [3.63, 3.8) is 0 Å². The van der Waals surface area contributed by atoms with Gasteiger partial charge in [-0.15, -0.1) is 0 Å². The van der Waals surface area contributed by atoms with Gasteiger partial charge in [0.25, 0.3) is 0 Å². The van der Waals surface area contributed by atoms with E-state index in [1.807, 2.05) is 36.2 Å². The lowest BCUT2D eigenvalue weighted by molar-refractivity contribution is -0.137. The molecular formula is C10H16N2O2. The van der Waals surface area contributed by atoms with Crippen molar-refractivity contribution in [1.29, 1.82) is 0 Å². The summed E-state index contributed by atoms with van der Waals surface area (Å²) in [6.07, 6.45) is 6.21. The van der Waals surface area contributed by atoms with E-state index in [1.54, 1.807) is 0 Å². The maximum absolute atomic E-state index is 10.3. The Hall–Kier alpha value is -1.45. The van der Waals surface area contributed by atoms with Crippen molar-refractivity contribution >= 4 is 5.97 Å². The fraction of sp³-hybridized carbons (Fsp3) is 0.500. The van der Waals surface area contributed by atoms with E-state index in [0.29, 0.717) is 6.54 Å². The van der Waals surface area contributed by atoms with Gasteiger partial charge in [-0.2, -0.15) is 0 Å². The highest BCUT2D eigenvalue weighted by molar-refractivity contribution is 5.66. The molecule has 1 N–H and O–H groups in total. The predicted molar refractivity (Wildman–Crippen MR) is 54.7 cm³/mol. The Kier molecular flexibility index (Phi) is 3.56. The van der Waals surface area contributed by atoms with Crippen LogP contribution in [0.25, 0.3) is 0 Å². The monoisotopic (exact) mass is 196 g/mol. The van der Waals surface area contributed by atoms with Gasteiger partial charge in [-0.3, -0.25) is 4.79 Å². The molecule has 0 amide bonds. The summed E-state index contributed by atoms with van der Waals surface area (Å²) in [7, 11) is 3.98. The van der Waals surface area contributed by atoms with Gasteiger partial charge in [-0.05, 0) is 12.2 Å². The molecule has 1 rings (SSSR count). The van der Waals surface area contributed by atoms with Crippen molar-refractivity contribution in [2.75, 3.05) is 27.2 Å². The molecule has 0 aromatic heterocycles. The Balaban J connectivity index is 2.37. The van der Waals surface area contributed by atoms with Crippen LogP contribution >= 0.6 is 0 Å². The first-order valence-electron chi connectivity index (χ1n) is 4.61. The third kappa shape index (κ3) is 3.12. The first kappa shape index (κ1) is 10.6. The number of carboxylic acid groups (broad SMARTS) is 1. The summed E-state index contributed by atoms with van der Waals surface area (Å²) in [6.45, 7) is 1.36. The average Bonchev–Trinajstić information content (AvgIpc) is 2.15. The Bertz CT molecular complexity index is 269. The van der Waals surface area contributed by atoms with Gasteiger partial charge in [-0.25, -0.2) is 0 Å². The van der Waals surface area contributed by atoms with Crippen LogP contribution in [0, 0.1) is 0 Å². The molecule has 0 atom stereocenters. The molecule has 0 saturated carbocycles. The molecule has 0 radical (unpaired) electrons. The van der Waals surface area contributed by atoms with Crippen molar-refractivity contribution in [2.24, 2.45) is 0 Å². The smallest absolute Gasteiger partial charge is 0.305 e. The van der Waals surface area contributed by atoms with Crippen LogP contribution in [0.2, 0.25) is 0 Å². The molecule has 14 heavy (non-hydrogen) atoms. The molecule has 1 aliphatic heterocycles. The molecule has 4 nitrogen and oxygen atoms in total. The number of rotatable bonds is 4. The van der Waals surface area contributed by atoms with Gasteiger partial charge in [-0.1, -0.05) is 0 Å². The van der Waals surface area contributed by atoms with Gasteiger partial charge in [0.15, 0.2) is 0 Å². The number of allylic oxidation sites excluding steroid dienone is 1. The second-order valence-corrected chi connectivity index (χ2v) is 3.48. The lowest BCUT2D eigenvalue weighted by Gasteiger charge is -2.24. The van der Waals surface area contributed by atoms with Gasteiger partial charge < -0.3 is 14.9 Å². The molecule has 4 heteroatoms. The number of carboxylic acids is 1. The molecule has 0 unspecified atom stereocenters. The molecule has 1 heterocycles. The highest BCUT2D eigenvalue weighted by Crippen LogP contribution is 2.08. The topological polar surface area (TPSA) is 43.8 Å². The van der Waals surface area contributed by atoms with Crippen LogP contribution in [-0.4, -0.2) is 48.1 Å². The van der Waals surface area contributed by atoms with Gasteiger partial charge in [0, 0.05) is 39.1 Å². The fourth-order valence-corrected chi connectivity index (χ4v) is 1.26. The number of hydrogen-bond donors (Lipinski definition) is 1. The molecule has 1 aliphatic rings. The molecule has 0 aliphatic carbocycles. The van der Waals surface area contributed by atoms with Gasteiger partial charge >= 0.3 is 5.97 Å². The maximum Gasteiger partial charge on any atom is 0.305 e. The van der Waals surface area contributed by atoms with Crippen LogP contribution < -0.4 is 0 Å². The minimum atomic E-state index is -0.749. The van der Waals surface area contributed by atoms with Gasteiger partial charge in [0.05, 0.1) is 6.42 Å². The summed E-state index contributed by atoms with van der Waals surface area (Å²) in [6, 6.07) is 0. The zero-order chi connectivity index (χ0) is 10.6. The summed E-state index contributed by atoms with van der Waals surface area (Å²) in [5, 5.41) is 8.51. The SMILES string of the molecule is CN(C)C1=CCN(CCC(=O)O)C=C1. The van der Waals surface area contributed by atoms with Crippen LogP contribution in [-0.2, 0) is 4.79 Å². The Labute approximate surface area is 84.1 Å². The van der Waals surface area contributed by atoms with Crippen molar-refractivity contribution in [2.45, 2.75) is 6.42 Å². The van der Waals surface area contributed by atoms with E-state index >= 15 is 0 Å². The van der Waals surface area contributed by atoms with E-state index in [-0.39, 0.29) is 6.42 Å². The Morgan fingerprint density at radius 1 is 1.64 bits per heavy atom. The number of hydrogen-bond acceptors (Lipinski definition) is 3. The third-order valence-corrected chi connectivity index (χ3v) is 2.12.